The molecule has 1 fully saturated rings. The topological polar surface area (TPSA) is 115 Å². The SMILES string of the molecule is CCCCCCCCCNC(=O)OCCCNC(=O)OC1CCN(C(=O)Oc2ccc(Oc3ccccc3)cc2)CC1. The number of likely N-dealkylation sites (tertiary alicyclic amines) is 1. The maximum atomic E-state index is 12.6. The van der Waals surface area contributed by atoms with Gasteiger partial charge in [-0.2, -0.15) is 0 Å². The number of rotatable bonds is 16. The van der Waals surface area contributed by atoms with Crippen LogP contribution in [0.2, 0.25) is 0 Å². The van der Waals surface area contributed by atoms with Crippen molar-refractivity contribution in [1.82, 2.24) is 15.5 Å². The Kier molecular flexibility index (Phi) is 14.9. The minimum absolute atomic E-state index is 0.215. The van der Waals surface area contributed by atoms with E-state index in [0.29, 0.717) is 56.9 Å². The van der Waals surface area contributed by atoms with Gasteiger partial charge in [-0.25, -0.2) is 14.4 Å². The van der Waals surface area contributed by atoms with Gasteiger partial charge in [0, 0.05) is 39.0 Å². The molecule has 0 spiro atoms. The predicted molar refractivity (Wildman–Crippen MR) is 160 cm³/mol. The van der Waals surface area contributed by atoms with Gasteiger partial charge in [-0.3, -0.25) is 0 Å². The minimum Gasteiger partial charge on any atom is -0.457 e. The lowest BCUT2D eigenvalue weighted by molar-refractivity contribution is 0.0523. The van der Waals surface area contributed by atoms with Gasteiger partial charge in [0.2, 0.25) is 0 Å². The van der Waals surface area contributed by atoms with E-state index >= 15 is 0 Å². The van der Waals surface area contributed by atoms with E-state index in [9.17, 15) is 14.4 Å². The van der Waals surface area contributed by atoms with Crippen molar-refractivity contribution in [1.29, 1.82) is 0 Å². The molecule has 10 nitrogen and oxygen atoms in total. The summed E-state index contributed by atoms with van der Waals surface area (Å²) in [4.78, 5) is 38.0. The van der Waals surface area contributed by atoms with Crippen LogP contribution < -0.4 is 20.1 Å². The van der Waals surface area contributed by atoms with Crippen LogP contribution in [0.4, 0.5) is 14.4 Å². The first kappa shape index (κ1) is 32.6. The number of carbonyl (C=O) groups is 3. The number of nitrogens with one attached hydrogen (secondary N) is 2. The van der Waals surface area contributed by atoms with Crippen molar-refractivity contribution in [2.24, 2.45) is 0 Å². The molecule has 3 rings (SSSR count). The van der Waals surface area contributed by atoms with E-state index in [1.807, 2.05) is 30.3 Å². The van der Waals surface area contributed by atoms with E-state index in [2.05, 4.69) is 17.6 Å². The van der Waals surface area contributed by atoms with Crippen LogP contribution >= 0.6 is 0 Å². The van der Waals surface area contributed by atoms with Gasteiger partial charge in [0.1, 0.15) is 23.4 Å². The maximum absolute atomic E-state index is 12.6. The first-order chi connectivity index (χ1) is 20.5. The molecule has 1 saturated heterocycles. The van der Waals surface area contributed by atoms with Crippen molar-refractivity contribution in [3.05, 3.63) is 54.6 Å². The number of piperidine rings is 1. The summed E-state index contributed by atoms with van der Waals surface area (Å²) in [5, 5.41) is 5.44. The molecule has 0 saturated carbocycles. The second kappa shape index (κ2) is 19.2. The van der Waals surface area contributed by atoms with Crippen molar-refractivity contribution in [2.75, 3.05) is 32.8 Å². The second-order valence-electron chi connectivity index (χ2n) is 10.3. The standard InChI is InChI=1S/C32H45N3O7/c1-2-3-4-5-6-7-11-21-33-30(36)39-25-12-22-34-31(37)41-29-19-23-35(24-20-29)32(38)42-28-17-15-27(16-18-28)40-26-13-9-8-10-14-26/h8-10,13-18,29H,2-7,11-12,19-25H2,1H3,(H,33,36)(H,34,37). The lowest BCUT2D eigenvalue weighted by Crippen LogP contribution is -2.43. The molecule has 10 heteroatoms. The molecule has 3 amide bonds. The first-order valence-corrected chi connectivity index (χ1v) is 15.2. The monoisotopic (exact) mass is 583 g/mol. The normalized spacial score (nSPS) is 13.2. The minimum atomic E-state index is -0.516. The van der Waals surface area contributed by atoms with Gasteiger partial charge < -0.3 is 34.5 Å². The largest absolute Gasteiger partial charge is 0.457 e. The number of para-hydroxylation sites is 1. The molecule has 0 atom stereocenters. The van der Waals surface area contributed by atoms with E-state index in [0.717, 1.165) is 18.6 Å². The molecule has 0 bridgehead atoms. The van der Waals surface area contributed by atoms with Gasteiger partial charge in [0.15, 0.2) is 0 Å². The van der Waals surface area contributed by atoms with Crippen molar-refractivity contribution in [3.8, 4) is 17.2 Å². The molecule has 1 heterocycles. The average Bonchev–Trinajstić information content (AvgIpc) is 3.00. The number of hydrogen-bond donors (Lipinski definition) is 2. The molecule has 2 aromatic rings. The predicted octanol–water partition coefficient (Wildman–Crippen LogP) is 7.04. The molecule has 42 heavy (non-hydrogen) atoms. The van der Waals surface area contributed by atoms with E-state index in [1.165, 1.54) is 32.1 Å². The summed E-state index contributed by atoms with van der Waals surface area (Å²) in [6, 6.07) is 16.3. The third-order valence-corrected chi connectivity index (χ3v) is 6.85. The van der Waals surface area contributed by atoms with Gasteiger partial charge >= 0.3 is 18.3 Å². The number of benzene rings is 2. The van der Waals surface area contributed by atoms with Crippen molar-refractivity contribution >= 4 is 18.3 Å². The molecule has 0 aliphatic carbocycles. The summed E-state index contributed by atoms with van der Waals surface area (Å²) in [5.74, 6) is 1.79. The van der Waals surface area contributed by atoms with Crippen molar-refractivity contribution in [2.45, 2.75) is 77.2 Å². The molecule has 0 unspecified atom stereocenters. The Morgan fingerprint density at radius 3 is 2.05 bits per heavy atom. The van der Waals surface area contributed by atoms with E-state index in [4.69, 9.17) is 18.9 Å². The molecule has 230 valence electrons. The van der Waals surface area contributed by atoms with Crippen LogP contribution in [0.25, 0.3) is 0 Å². The molecule has 1 aliphatic rings. The Hall–Kier alpha value is -3.95. The summed E-state index contributed by atoms with van der Waals surface area (Å²) in [6.45, 7) is 4.22. The average molecular weight is 584 g/mol. The maximum Gasteiger partial charge on any atom is 0.415 e. The highest BCUT2D eigenvalue weighted by atomic mass is 16.6. The van der Waals surface area contributed by atoms with Gasteiger partial charge in [-0.05, 0) is 49.2 Å². The van der Waals surface area contributed by atoms with Gasteiger partial charge in [-0.15, -0.1) is 0 Å². The number of amides is 3. The first-order valence-electron chi connectivity index (χ1n) is 15.2. The van der Waals surface area contributed by atoms with E-state index < -0.39 is 18.3 Å². The number of carbonyl (C=O) groups excluding carboxylic acids is 3. The zero-order valence-electron chi connectivity index (χ0n) is 24.7. The van der Waals surface area contributed by atoms with Gasteiger partial charge in [0.05, 0.1) is 6.61 Å². The van der Waals surface area contributed by atoms with Crippen LogP contribution in [0.15, 0.2) is 54.6 Å². The number of ether oxygens (including phenoxy) is 4. The van der Waals surface area contributed by atoms with Crippen LogP contribution in [0.5, 0.6) is 17.2 Å². The van der Waals surface area contributed by atoms with Crippen LogP contribution in [-0.4, -0.2) is 62.1 Å². The highest BCUT2D eigenvalue weighted by molar-refractivity contribution is 5.71. The Bertz CT molecular complexity index is 1060. The molecule has 0 radical (unpaired) electrons. The van der Waals surface area contributed by atoms with Crippen LogP contribution in [0.3, 0.4) is 0 Å². The Balaban J connectivity index is 1.19. The molecule has 1 aliphatic heterocycles. The highest BCUT2D eigenvalue weighted by Crippen LogP contribution is 2.24. The van der Waals surface area contributed by atoms with E-state index in [1.54, 1.807) is 29.2 Å². The summed E-state index contributed by atoms with van der Waals surface area (Å²) in [7, 11) is 0. The molecular formula is C32H45N3O7. The Labute approximate surface area is 249 Å². The molecule has 2 aromatic carbocycles. The number of nitrogens with zero attached hydrogens (tertiary/aromatic N) is 1. The fourth-order valence-electron chi connectivity index (χ4n) is 4.47. The molecule has 2 N–H and O–H groups in total. The lowest BCUT2D eigenvalue weighted by Gasteiger charge is -2.30. The zero-order chi connectivity index (χ0) is 29.8. The third kappa shape index (κ3) is 13.1. The third-order valence-electron chi connectivity index (χ3n) is 6.85. The smallest absolute Gasteiger partial charge is 0.415 e. The summed E-state index contributed by atoms with van der Waals surface area (Å²) in [6.07, 6.45) is 8.20. The van der Waals surface area contributed by atoms with Crippen molar-refractivity contribution in [3.63, 3.8) is 0 Å². The van der Waals surface area contributed by atoms with Gasteiger partial charge in [-0.1, -0.05) is 63.6 Å². The van der Waals surface area contributed by atoms with E-state index in [-0.39, 0.29) is 12.7 Å². The molecular weight excluding hydrogens is 538 g/mol. The Morgan fingerprint density at radius 2 is 1.33 bits per heavy atom. The van der Waals surface area contributed by atoms with Crippen LogP contribution in [0, 0.1) is 0 Å². The van der Waals surface area contributed by atoms with Crippen molar-refractivity contribution < 1.29 is 33.3 Å². The van der Waals surface area contributed by atoms with Crippen LogP contribution in [-0.2, 0) is 9.47 Å². The lowest BCUT2D eigenvalue weighted by atomic mass is 10.1. The van der Waals surface area contributed by atoms with Gasteiger partial charge in [0.25, 0.3) is 0 Å². The highest BCUT2D eigenvalue weighted by Gasteiger charge is 2.26. The summed E-state index contributed by atoms with van der Waals surface area (Å²) >= 11 is 0. The fraction of sp³-hybridized carbons (Fsp3) is 0.531. The molecule has 0 aromatic heterocycles. The second-order valence-corrected chi connectivity index (χ2v) is 10.3. The zero-order valence-corrected chi connectivity index (χ0v) is 24.7. The van der Waals surface area contributed by atoms with Crippen LogP contribution in [0.1, 0.15) is 71.1 Å². The Morgan fingerprint density at radius 1 is 0.738 bits per heavy atom. The quantitative estimate of drug-likeness (QED) is 0.204. The summed E-state index contributed by atoms with van der Waals surface area (Å²) in [5.41, 5.74) is 0. The number of alkyl carbamates (subject to hydrolysis) is 2. The summed E-state index contributed by atoms with van der Waals surface area (Å²) < 4.78 is 21.9. The number of hydrogen-bond acceptors (Lipinski definition) is 7. The fourth-order valence-corrected chi connectivity index (χ4v) is 4.47. The number of unbranched alkanes of at least 4 members (excludes halogenated alkanes) is 6.